The first-order chi connectivity index (χ1) is 9.89. The van der Waals surface area contributed by atoms with E-state index in [9.17, 15) is 18.5 Å². The molecule has 1 N–H and O–H groups in total. The molecule has 0 unspecified atom stereocenters. The summed E-state index contributed by atoms with van der Waals surface area (Å²) in [5.41, 5.74) is -0.436. The van der Waals surface area contributed by atoms with Gasteiger partial charge in [0, 0.05) is 24.2 Å². The summed E-state index contributed by atoms with van der Waals surface area (Å²) in [6.45, 7) is 2.36. The predicted octanol–water partition coefficient (Wildman–Crippen LogP) is 1.09. The highest BCUT2D eigenvalue weighted by molar-refractivity contribution is 7.89. The topological polar surface area (TPSA) is 92.5 Å². The van der Waals surface area contributed by atoms with Gasteiger partial charge in [0.15, 0.2) is 4.90 Å². The fraction of sp³-hybridized carbons (Fsp3) is 0.500. The van der Waals surface area contributed by atoms with Crippen LogP contribution in [0, 0.1) is 22.0 Å². The molecular weight excluding hydrogens is 318 g/mol. The highest BCUT2D eigenvalue weighted by atomic mass is 35.5. The van der Waals surface area contributed by atoms with Gasteiger partial charge in [-0.1, -0.05) is 11.6 Å². The average molecular weight is 332 g/mol. The zero-order chi connectivity index (χ0) is 15.2. The molecule has 0 spiro atoms. The predicted molar refractivity (Wildman–Crippen MR) is 76.7 cm³/mol. The van der Waals surface area contributed by atoms with Crippen LogP contribution in [0.25, 0.3) is 0 Å². The number of halogens is 1. The number of nitrogens with one attached hydrogen (secondary N) is 1. The summed E-state index contributed by atoms with van der Waals surface area (Å²) in [6.07, 6.45) is 0. The Hall–Kier alpha value is -1.22. The van der Waals surface area contributed by atoms with E-state index in [1.54, 1.807) is 0 Å². The minimum Gasteiger partial charge on any atom is -0.316 e. The third-order valence-electron chi connectivity index (χ3n) is 4.09. The zero-order valence-corrected chi connectivity index (χ0v) is 12.6. The van der Waals surface area contributed by atoms with Gasteiger partial charge in [0.1, 0.15) is 0 Å². The maximum absolute atomic E-state index is 12.7. The summed E-state index contributed by atoms with van der Waals surface area (Å²) in [6, 6.07) is 3.61. The number of rotatable bonds is 3. The number of hydrogen-bond donors (Lipinski definition) is 1. The number of benzene rings is 1. The summed E-state index contributed by atoms with van der Waals surface area (Å²) in [5, 5.41) is 14.5. The van der Waals surface area contributed by atoms with Gasteiger partial charge in [-0.15, -0.1) is 0 Å². The number of hydrogen-bond acceptors (Lipinski definition) is 5. The molecule has 0 bridgehead atoms. The van der Waals surface area contributed by atoms with Crippen molar-refractivity contribution >= 4 is 27.3 Å². The van der Waals surface area contributed by atoms with Crippen LogP contribution < -0.4 is 5.32 Å². The van der Waals surface area contributed by atoms with E-state index in [1.807, 2.05) is 0 Å². The van der Waals surface area contributed by atoms with Gasteiger partial charge >= 0.3 is 0 Å². The van der Waals surface area contributed by atoms with Crippen molar-refractivity contribution in [3.63, 3.8) is 0 Å². The molecule has 0 amide bonds. The monoisotopic (exact) mass is 331 g/mol. The van der Waals surface area contributed by atoms with Crippen molar-refractivity contribution in [3.05, 3.63) is 33.3 Å². The lowest BCUT2D eigenvalue weighted by Gasteiger charge is -2.17. The van der Waals surface area contributed by atoms with Crippen LogP contribution in [0.4, 0.5) is 5.69 Å². The van der Waals surface area contributed by atoms with E-state index in [4.69, 9.17) is 11.6 Å². The Kier molecular flexibility index (Phi) is 3.64. The Morgan fingerprint density at radius 2 is 1.90 bits per heavy atom. The molecule has 0 aliphatic carbocycles. The van der Waals surface area contributed by atoms with Crippen LogP contribution >= 0.6 is 11.6 Å². The number of nitrogens with zero attached hydrogens (tertiary/aromatic N) is 2. The third-order valence-corrected chi connectivity index (χ3v) is 6.19. The van der Waals surface area contributed by atoms with E-state index in [2.05, 4.69) is 5.32 Å². The molecule has 0 aromatic heterocycles. The standard InChI is InChI=1S/C12H14ClN3O4S/c13-10-1-2-11(16(17)18)12(3-10)21(19,20)15-6-8-4-14-5-9(8)7-15/h1-3,8-9,14H,4-7H2/t8-,9+. The molecule has 2 saturated heterocycles. The van der Waals surface area contributed by atoms with E-state index < -0.39 is 20.6 Å². The highest BCUT2D eigenvalue weighted by Gasteiger charge is 2.43. The third kappa shape index (κ3) is 2.52. The lowest BCUT2D eigenvalue weighted by molar-refractivity contribution is -0.387. The Labute approximate surface area is 127 Å². The minimum atomic E-state index is -3.90. The summed E-state index contributed by atoms with van der Waals surface area (Å²) < 4.78 is 26.7. The van der Waals surface area contributed by atoms with E-state index >= 15 is 0 Å². The van der Waals surface area contributed by atoms with Crippen molar-refractivity contribution in [2.75, 3.05) is 26.2 Å². The fourth-order valence-corrected chi connectivity index (χ4v) is 4.97. The van der Waals surface area contributed by atoms with Gasteiger partial charge in [-0.3, -0.25) is 10.1 Å². The van der Waals surface area contributed by atoms with Crippen molar-refractivity contribution in [1.82, 2.24) is 9.62 Å². The Morgan fingerprint density at radius 1 is 1.29 bits per heavy atom. The van der Waals surface area contributed by atoms with Gasteiger partial charge in [0.05, 0.1) is 4.92 Å². The quantitative estimate of drug-likeness (QED) is 0.661. The molecule has 0 radical (unpaired) electrons. The molecule has 21 heavy (non-hydrogen) atoms. The summed E-state index contributed by atoms with van der Waals surface area (Å²) in [7, 11) is -3.90. The second kappa shape index (κ2) is 5.20. The smallest absolute Gasteiger partial charge is 0.289 e. The van der Waals surface area contributed by atoms with Crippen LogP contribution in [0.2, 0.25) is 5.02 Å². The molecule has 3 rings (SSSR count). The van der Waals surface area contributed by atoms with Crippen LogP contribution in [0.15, 0.2) is 23.1 Å². The maximum atomic E-state index is 12.7. The van der Waals surface area contributed by atoms with Crippen LogP contribution in [-0.4, -0.2) is 43.8 Å². The lowest BCUT2D eigenvalue weighted by atomic mass is 10.0. The molecule has 2 heterocycles. The van der Waals surface area contributed by atoms with E-state index in [-0.39, 0.29) is 21.8 Å². The van der Waals surface area contributed by atoms with Gasteiger partial charge in [-0.25, -0.2) is 8.42 Å². The Morgan fingerprint density at radius 3 is 2.48 bits per heavy atom. The van der Waals surface area contributed by atoms with Crippen molar-refractivity contribution < 1.29 is 13.3 Å². The van der Waals surface area contributed by atoms with Gasteiger partial charge < -0.3 is 5.32 Å². The van der Waals surface area contributed by atoms with Crippen LogP contribution in [0.1, 0.15) is 0 Å². The number of fused-ring (bicyclic) bond motifs is 1. The molecule has 1 aromatic rings. The Bertz CT molecular complexity index is 682. The summed E-state index contributed by atoms with van der Waals surface area (Å²) in [4.78, 5) is 10.0. The normalized spacial score (nSPS) is 26.0. The van der Waals surface area contributed by atoms with E-state index in [1.165, 1.54) is 10.4 Å². The first-order valence-corrected chi connectivity index (χ1v) is 8.36. The molecule has 9 heteroatoms. The molecule has 1 aromatic carbocycles. The fourth-order valence-electron chi connectivity index (χ4n) is 2.99. The van der Waals surface area contributed by atoms with E-state index in [0.717, 1.165) is 25.2 Å². The SMILES string of the molecule is O=[N+]([O-])c1ccc(Cl)cc1S(=O)(=O)N1C[C@H]2CNC[C@H]2C1. The van der Waals surface area contributed by atoms with Crippen molar-refractivity contribution in [2.24, 2.45) is 11.8 Å². The molecular formula is C12H14ClN3O4S. The van der Waals surface area contributed by atoms with Crippen molar-refractivity contribution in [2.45, 2.75) is 4.90 Å². The number of nitro benzene ring substituents is 1. The first-order valence-electron chi connectivity index (χ1n) is 6.54. The largest absolute Gasteiger partial charge is 0.316 e. The van der Waals surface area contributed by atoms with Crippen molar-refractivity contribution in [3.8, 4) is 0 Å². The molecule has 2 atom stereocenters. The lowest BCUT2D eigenvalue weighted by Crippen LogP contribution is -2.32. The van der Waals surface area contributed by atoms with Crippen LogP contribution in [0.3, 0.4) is 0 Å². The number of nitro groups is 1. The van der Waals surface area contributed by atoms with Gasteiger partial charge in [0.25, 0.3) is 5.69 Å². The van der Waals surface area contributed by atoms with Crippen LogP contribution in [0.5, 0.6) is 0 Å². The maximum Gasteiger partial charge on any atom is 0.289 e. The molecule has 7 nitrogen and oxygen atoms in total. The van der Waals surface area contributed by atoms with Gasteiger partial charge in [-0.05, 0) is 37.1 Å². The second-order valence-corrected chi connectivity index (χ2v) is 7.71. The molecule has 2 aliphatic rings. The molecule has 2 fully saturated rings. The van der Waals surface area contributed by atoms with Gasteiger partial charge in [-0.2, -0.15) is 4.31 Å². The van der Waals surface area contributed by atoms with E-state index in [0.29, 0.717) is 13.1 Å². The molecule has 2 aliphatic heterocycles. The van der Waals surface area contributed by atoms with Gasteiger partial charge in [0.2, 0.25) is 10.0 Å². The number of sulfonamides is 1. The van der Waals surface area contributed by atoms with Crippen LogP contribution in [-0.2, 0) is 10.0 Å². The zero-order valence-electron chi connectivity index (χ0n) is 11.0. The summed E-state index contributed by atoms with van der Waals surface area (Å²) >= 11 is 5.81. The summed E-state index contributed by atoms with van der Waals surface area (Å²) in [5.74, 6) is 0.552. The average Bonchev–Trinajstić information content (AvgIpc) is 2.98. The molecule has 114 valence electrons. The second-order valence-electron chi connectivity index (χ2n) is 5.37. The first kappa shape index (κ1) is 14.7. The highest BCUT2D eigenvalue weighted by Crippen LogP contribution is 2.34. The minimum absolute atomic E-state index is 0.167. The van der Waals surface area contributed by atoms with Crippen molar-refractivity contribution in [1.29, 1.82) is 0 Å². The Balaban J connectivity index is 1.99. The molecule has 0 saturated carbocycles.